The Morgan fingerprint density at radius 3 is 2.59 bits per heavy atom. The van der Waals surface area contributed by atoms with Crippen molar-refractivity contribution in [1.82, 2.24) is 14.6 Å². The first-order chi connectivity index (χ1) is 16.2. The number of hydrogen-bond donors (Lipinski definition) is 1. The molecule has 0 atom stereocenters. The molecule has 3 heterocycles. The number of thioether (sulfide) groups is 1. The molecule has 1 amide bonds. The molecule has 4 aromatic rings. The first-order valence-corrected chi connectivity index (χ1v) is 13.0. The number of esters is 1. The Labute approximate surface area is 206 Å². The van der Waals surface area contributed by atoms with E-state index in [0.29, 0.717) is 16.3 Å². The maximum Gasteiger partial charge on any atom is 0.341 e. The number of carbonyl (C=O) groups is 2. The van der Waals surface area contributed by atoms with Crippen LogP contribution in [0.15, 0.2) is 23.4 Å². The third-order valence-electron chi connectivity index (χ3n) is 5.78. The Kier molecular flexibility index (Phi) is 6.95. The van der Waals surface area contributed by atoms with Gasteiger partial charge in [-0.05, 0) is 70.4 Å². The second-order valence-electron chi connectivity index (χ2n) is 8.34. The highest BCUT2D eigenvalue weighted by Gasteiger charge is 2.22. The molecule has 4 rings (SSSR count). The van der Waals surface area contributed by atoms with Crippen LogP contribution in [0.4, 0.5) is 5.00 Å². The number of anilines is 1. The molecule has 3 aromatic heterocycles. The van der Waals surface area contributed by atoms with E-state index in [-0.39, 0.29) is 18.9 Å². The minimum atomic E-state index is -0.406. The van der Waals surface area contributed by atoms with Crippen LogP contribution < -0.4 is 5.32 Å². The van der Waals surface area contributed by atoms with E-state index in [1.807, 2.05) is 19.9 Å². The van der Waals surface area contributed by atoms with E-state index in [1.165, 1.54) is 34.0 Å². The quantitative estimate of drug-likeness (QED) is 0.258. The number of nitrogens with one attached hydrogen (secondary N) is 1. The molecule has 0 saturated heterocycles. The van der Waals surface area contributed by atoms with Gasteiger partial charge in [-0.2, -0.15) is 0 Å². The Hall–Kier alpha value is -2.91. The normalized spacial score (nSPS) is 11.4. The maximum absolute atomic E-state index is 12.7. The van der Waals surface area contributed by atoms with E-state index in [0.717, 1.165) is 37.9 Å². The summed E-state index contributed by atoms with van der Waals surface area (Å²) in [6, 6.07) is 6.39. The number of rotatable bonds is 7. The lowest BCUT2D eigenvalue weighted by Gasteiger charge is -2.11. The minimum Gasteiger partial charge on any atom is -0.462 e. The Balaban J connectivity index is 1.51. The van der Waals surface area contributed by atoms with Crippen LogP contribution in [0, 0.1) is 34.6 Å². The smallest absolute Gasteiger partial charge is 0.341 e. The van der Waals surface area contributed by atoms with E-state index in [9.17, 15) is 9.59 Å². The molecule has 9 heteroatoms. The number of aryl methyl sites for hydroxylation is 4. The van der Waals surface area contributed by atoms with Crippen LogP contribution in [0.3, 0.4) is 0 Å². The standard InChI is InChI=1S/C25H28N4O3S2/c1-7-32-24(31)21-16(5)17(6)34-23(21)26-20(30)8-9-33-25-28-27-19-12-14(3)18-11-13(2)10-15(4)22(18)29(19)25/h10-12H,7-9H2,1-6H3,(H,26,30). The van der Waals surface area contributed by atoms with Crippen LogP contribution in [-0.4, -0.2) is 38.8 Å². The van der Waals surface area contributed by atoms with Crippen molar-refractivity contribution in [3.8, 4) is 0 Å². The third kappa shape index (κ3) is 4.54. The number of benzene rings is 1. The van der Waals surface area contributed by atoms with Crippen LogP contribution in [0.2, 0.25) is 0 Å². The summed E-state index contributed by atoms with van der Waals surface area (Å²) < 4.78 is 7.24. The predicted octanol–water partition coefficient (Wildman–Crippen LogP) is 5.78. The maximum atomic E-state index is 12.7. The van der Waals surface area contributed by atoms with Gasteiger partial charge in [-0.15, -0.1) is 21.5 Å². The zero-order valence-corrected chi connectivity index (χ0v) is 21.9. The average molecular weight is 497 g/mol. The highest BCUT2D eigenvalue weighted by molar-refractivity contribution is 7.99. The summed E-state index contributed by atoms with van der Waals surface area (Å²) in [6.45, 7) is 12.1. The molecule has 0 aliphatic rings. The SMILES string of the molecule is CCOC(=O)c1c(NC(=O)CCSc2nnc3cc(C)c4cc(C)cc(C)c4n23)sc(C)c1C. The van der Waals surface area contributed by atoms with E-state index in [1.54, 1.807) is 6.92 Å². The Bertz CT molecular complexity index is 1420. The number of aromatic nitrogens is 3. The summed E-state index contributed by atoms with van der Waals surface area (Å²) in [5.74, 6) is -0.0253. The Morgan fingerprint density at radius 2 is 1.85 bits per heavy atom. The Morgan fingerprint density at radius 1 is 1.09 bits per heavy atom. The molecule has 178 valence electrons. The summed E-state index contributed by atoms with van der Waals surface area (Å²) >= 11 is 2.89. The number of ether oxygens (including phenoxy) is 1. The number of thiophene rings is 1. The summed E-state index contributed by atoms with van der Waals surface area (Å²) in [6.07, 6.45) is 0.278. The lowest BCUT2D eigenvalue weighted by atomic mass is 10.0. The molecule has 7 nitrogen and oxygen atoms in total. The van der Waals surface area contributed by atoms with E-state index in [4.69, 9.17) is 4.74 Å². The molecular weight excluding hydrogens is 468 g/mol. The first-order valence-electron chi connectivity index (χ1n) is 11.2. The van der Waals surface area contributed by atoms with E-state index < -0.39 is 5.97 Å². The largest absolute Gasteiger partial charge is 0.462 e. The van der Waals surface area contributed by atoms with Gasteiger partial charge < -0.3 is 10.1 Å². The molecule has 0 radical (unpaired) electrons. The van der Waals surface area contributed by atoms with Crippen LogP contribution in [0.1, 0.15) is 50.8 Å². The minimum absolute atomic E-state index is 0.152. The predicted molar refractivity (Wildman–Crippen MR) is 138 cm³/mol. The zero-order chi connectivity index (χ0) is 24.6. The highest BCUT2D eigenvalue weighted by atomic mass is 32.2. The molecule has 0 aliphatic heterocycles. The summed E-state index contributed by atoms with van der Waals surface area (Å²) in [7, 11) is 0. The van der Waals surface area contributed by atoms with Crippen LogP contribution in [0.5, 0.6) is 0 Å². The molecule has 0 spiro atoms. The second kappa shape index (κ2) is 9.76. The van der Waals surface area contributed by atoms with Gasteiger partial charge in [0.15, 0.2) is 10.8 Å². The van der Waals surface area contributed by atoms with Gasteiger partial charge in [0.05, 0.1) is 17.7 Å². The number of fused-ring (bicyclic) bond motifs is 3. The zero-order valence-electron chi connectivity index (χ0n) is 20.2. The first kappa shape index (κ1) is 24.2. The lowest BCUT2D eigenvalue weighted by Crippen LogP contribution is -2.15. The van der Waals surface area contributed by atoms with Crippen molar-refractivity contribution >= 4 is 56.5 Å². The van der Waals surface area contributed by atoms with Crippen molar-refractivity contribution in [1.29, 1.82) is 0 Å². The lowest BCUT2D eigenvalue weighted by molar-refractivity contribution is -0.115. The topological polar surface area (TPSA) is 85.6 Å². The van der Waals surface area contributed by atoms with Gasteiger partial charge in [-0.25, -0.2) is 4.79 Å². The molecule has 0 fully saturated rings. The van der Waals surface area contributed by atoms with Crippen molar-refractivity contribution in [2.75, 3.05) is 17.7 Å². The van der Waals surface area contributed by atoms with E-state index in [2.05, 4.69) is 52.8 Å². The number of amides is 1. The van der Waals surface area contributed by atoms with Crippen LogP contribution >= 0.6 is 23.1 Å². The molecule has 0 aliphatic carbocycles. The monoisotopic (exact) mass is 496 g/mol. The molecule has 1 aromatic carbocycles. The molecule has 0 saturated carbocycles. The van der Waals surface area contributed by atoms with Gasteiger partial charge >= 0.3 is 5.97 Å². The number of hydrogen-bond acceptors (Lipinski definition) is 7. The fraction of sp³-hybridized carbons (Fsp3) is 0.360. The number of carbonyl (C=O) groups excluding carboxylic acids is 2. The third-order valence-corrected chi connectivity index (χ3v) is 7.83. The molecule has 1 N–H and O–H groups in total. The highest BCUT2D eigenvalue weighted by Crippen LogP contribution is 2.33. The van der Waals surface area contributed by atoms with Crippen molar-refractivity contribution in [3.63, 3.8) is 0 Å². The van der Waals surface area contributed by atoms with Gasteiger partial charge in [0.25, 0.3) is 0 Å². The van der Waals surface area contributed by atoms with Crippen molar-refractivity contribution in [2.24, 2.45) is 0 Å². The summed E-state index contributed by atoms with van der Waals surface area (Å²) in [5, 5.41) is 14.1. The van der Waals surface area contributed by atoms with Gasteiger partial charge in [0, 0.05) is 22.4 Å². The fourth-order valence-electron chi connectivity index (χ4n) is 4.10. The molecule has 0 bridgehead atoms. The van der Waals surface area contributed by atoms with Crippen molar-refractivity contribution in [2.45, 2.75) is 53.1 Å². The fourth-order valence-corrected chi connectivity index (χ4v) is 6.04. The molecular formula is C25H28N4O3S2. The van der Waals surface area contributed by atoms with Crippen molar-refractivity contribution < 1.29 is 14.3 Å². The van der Waals surface area contributed by atoms with Gasteiger partial charge in [0.1, 0.15) is 5.00 Å². The average Bonchev–Trinajstić information content (AvgIpc) is 3.28. The second-order valence-corrected chi connectivity index (χ2v) is 10.6. The van der Waals surface area contributed by atoms with Crippen LogP contribution in [-0.2, 0) is 9.53 Å². The number of nitrogens with zero attached hydrogens (tertiary/aromatic N) is 3. The molecule has 0 unspecified atom stereocenters. The van der Waals surface area contributed by atoms with Crippen LogP contribution in [0.25, 0.3) is 16.6 Å². The van der Waals surface area contributed by atoms with Gasteiger partial charge in [-0.1, -0.05) is 23.4 Å². The van der Waals surface area contributed by atoms with Gasteiger partial charge in [0.2, 0.25) is 5.91 Å². The number of pyridine rings is 1. The molecule has 34 heavy (non-hydrogen) atoms. The summed E-state index contributed by atoms with van der Waals surface area (Å²) in [4.78, 5) is 26.0. The van der Waals surface area contributed by atoms with Crippen molar-refractivity contribution in [3.05, 3.63) is 50.9 Å². The van der Waals surface area contributed by atoms with Gasteiger partial charge in [-0.3, -0.25) is 9.20 Å². The van der Waals surface area contributed by atoms with E-state index >= 15 is 0 Å². The summed E-state index contributed by atoms with van der Waals surface area (Å²) in [5.41, 5.74) is 6.73.